The molecular formula is C56H87N15O14S2. The lowest BCUT2D eigenvalue weighted by Crippen LogP contribution is -2.53. The molecule has 3 unspecified atom stereocenters. The van der Waals surface area contributed by atoms with Crippen molar-refractivity contribution < 1.29 is 67.4 Å². The summed E-state index contributed by atoms with van der Waals surface area (Å²) < 4.78 is 6.03. The Balaban J connectivity index is 1.27. The average Bonchev–Trinajstić information content (AvgIpc) is 1.95. The highest BCUT2D eigenvalue weighted by molar-refractivity contribution is 8.15. The van der Waals surface area contributed by atoms with Crippen molar-refractivity contribution in [3.63, 3.8) is 0 Å². The smallest absolute Gasteiger partial charge is 0.408 e. The first-order chi connectivity index (χ1) is 41.0. The number of unbranched alkanes of at least 4 members (excludes halogenated alkanes) is 3. The number of anilines is 1. The molecule has 1 fully saturated rings. The number of fused-ring (bicyclic) bond motifs is 1. The molecule has 31 heteroatoms. The molecule has 2 aromatic rings. The minimum atomic E-state index is -1.18. The maximum Gasteiger partial charge on any atom is 0.408 e. The lowest BCUT2D eigenvalue weighted by molar-refractivity contribution is -0.138. The number of ether oxygens (including phenoxy) is 1. The van der Waals surface area contributed by atoms with E-state index in [1.54, 1.807) is 45.9 Å². The predicted octanol–water partition coefficient (Wildman–Crippen LogP) is -0.227. The average molecular weight is 1260 g/mol. The van der Waals surface area contributed by atoms with Gasteiger partial charge in [0.2, 0.25) is 59.1 Å². The summed E-state index contributed by atoms with van der Waals surface area (Å²) in [5.41, 5.74) is 0.199. The number of aliphatic imine (C=N–C) groups is 1. The highest BCUT2D eigenvalue weighted by atomic mass is 32.2. The molecule has 0 aliphatic carbocycles. The molecule has 7 atom stereocenters. The summed E-state index contributed by atoms with van der Waals surface area (Å²) >= 11 is 2.58. The normalized spacial score (nSPS) is 17.1. The number of thioether (sulfide) groups is 1. The van der Waals surface area contributed by atoms with Crippen LogP contribution in [0.25, 0.3) is 10.2 Å². The maximum absolute atomic E-state index is 13.7. The van der Waals surface area contributed by atoms with Crippen molar-refractivity contribution in [3.8, 4) is 0 Å². The van der Waals surface area contributed by atoms with Gasteiger partial charge >= 0.3 is 12.1 Å². The highest BCUT2D eigenvalue weighted by Crippen LogP contribution is 2.31. The summed E-state index contributed by atoms with van der Waals surface area (Å²) in [6.45, 7) is 9.18. The van der Waals surface area contributed by atoms with Crippen molar-refractivity contribution in [1.29, 1.82) is 0 Å². The van der Waals surface area contributed by atoms with Crippen LogP contribution in [-0.2, 0) is 57.5 Å². The van der Waals surface area contributed by atoms with Crippen molar-refractivity contribution in [1.82, 2.24) is 67.5 Å². The van der Waals surface area contributed by atoms with Crippen molar-refractivity contribution in [3.05, 3.63) is 23.2 Å². The van der Waals surface area contributed by atoms with E-state index in [1.807, 2.05) is 38.0 Å². The van der Waals surface area contributed by atoms with Gasteiger partial charge in [-0.2, -0.15) is 0 Å². The molecule has 11 amide bonds. The number of carboxylic acids is 1. The summed E-state index contributed by atoms with van der Waals surface area (Å²) in [7, 11) is 7.61. The molecule has 1 saturated heterocycles. The molecule has 4 rings (SSSR count). The van der Waals surface area contributed by atoms with Gasteiger partial charge in [0.1, 0.15) is 45.9 Å². The van der Waals surface area contributed by atoms with Crippen LogP contribution in [-0.4, -0.2) is 229 Å². The van der Waals surface area contributed by atoms with E-state index in [1.165, 1.54) is 41.8 Å². The second kappa shape index (κ2) is 35.3. The van der Waals surface area contributed by atoms with Gasteiger partial charge in [0, 0.05) is 31.0 Å². The van der Waals surface area contributed by atoms with Gasteiger partial charge in [-0.05, 0) is 158 Å². The number of nitrogens with one attached hydrogen (secondary N) is 10. The molecule has 29 nitrogen and oxygen atoms in total. The van der Waals surface area contributed by atoms with Gasteiger partial charge in [-0.25, -0.2) is 14.6 Å². The van der Waals surface area contributed by atoms with Gasteiger partial charge in [-0.15, -0.1) is 23.1 Å². The molecule has 0 spiro atoms. The number of carboxylic acid groups (broad SMARTS) is 1. The molecule has 3 heterocycles. The number of aliphatic carboxylic acids is 1. The standard InChI is InChI=1S/C56H87N15O14S2/c1-32-25-40(64-45(75)29-60-49(79)38(19-13-16-24-70(9)10)68-55(84)85-56(4,5)6)53(81)71(32)30-46(76)63-37(18-12-15-23-69(7)8)48(78)59-27-43(73)58-28-44(74)61-33(2)47(77)65-39(17-11-14-22-57-34(3)72)50(80)62-35-20-21-36-42(26-35)87-52(66-36)51-67-41(31-86-51)54(82)83/h20-21,26,32-33,37-41H,11-19,22-25,27-31H2,1-10H3,(H,57,72)(H,58,73)(H,59,78)(H,60,79)(H,61,74)(H,62,80)(H,63,76)(H,64,75)(H,65,77)(H,68,84)(H,82,83)/t32?,33-,37-,38-,39?,40-,41?/m0/s1. The Hall–Kier alpha value is -7.51. The van der Waals surface area contributed by atoms with E-state index in [0.29, 0.717) is 76.9 Å². The SMILES string of the molecule is CC(=O)NCCCCC(NC(=O)[C@H](C)NC(=O)CNC(=O)CNC(=O)[C@H](CCCCN(C)C)NC(=O)CN1C(=O)[C@@H](NC(=O)CNC(=O)[C@H](CCCCN(C)C)NC(=O)OC(C)(C)C)CC1C)C(=O)Nc1ccc2nc(C3=NC(C(=O)O)CS3)sc2c1. The first-order valence-electron chi connectivity index (χ1n) is 29.0. The van der Waals surface area contributed by atoms with Crippen LogP contribution in [0.1, 0.15) is 111 Å². The number of thiazole rings is 1. The number of carbonyl (C=O) groups is 12. The van der Waals surface area contributed by atoms with Crippen LogP contribution in [0.5, 0.6) is 0 Å². The maximum atomic E-state index is 13.7. The molecular weight excluding hydrogens is 1170 g/mol. The fraction of sp³-hybridized carbons (Fsp3) is 0.643. The highest BCUT2D eigenvalue weighted by Gasteiger charge is 2.39. The molecule has 11 N–H and O–H groups in total. The Morgan fingerprint density at radius 1 is 0.724 bits per heavy atom. The minimum Gasteiger partial charge on any atom is -0.480 e. The number of hydrogen-bond acceptors (Lipinski definition) is 19. The van der Waals surface area contributed by atoms with Gasteiger partial charge < -0.3 is 77.7 Å². The van der Waals surface area contributed by atoms with Crippen LogP contribution >= 0.6 is 23.1 Å². The van der Waals surface area contributed by atoms with Crippen molar-refractivity contribution in [2.45, 2.75) is 154 Å². The third-order valence-electron chi connectivity index (χ3n) is 13.5. The van der Waals surface area contributed by atoms with Crippen LogP contribution in [0, 0.1) is 0 Å². The first-order valence-corrected chi connectivity index (χ1v) is 30.8. The fourth-order valence-electron chi connectivity index (χ4n) is 8.95. The molecule has 2 aliphatic rings. The third-order valence-corrected chi connectivity index (χ3v) is 15.7. The predicted molar refractivity (Wildman–Crippen MR) is 327 cm³/mol. The molecule has 87 heavy (non-hydrogen) atoms. The Morgan fingerprint density at radius 3 is 1.90 bits per heavy atom. The molecule has 1 aromatic heterocycles. The van der Waals surface area contributed by atoms with E-state index in [9.17, 15) is 62.6 Å². The first kappa shape index (κ1) is 72.0. The number of hydrogen-bond donors (Lipinski definition) is 11. The third kappa shape index (κ3) is 26.2. The molecule has 482 valence electrons. The molecule has 2 aliphatic heterocycles. The van der Waals surface area contributed by atoms with Gasteiger partial charge in [0.15, 0.2) is 6.04 Å². The van der Waals surface area contributed by atoms with Crippen molar-refractivity contribution in [2.24, 2.45) is 4.99 Å². The van der Waals surface area contributed by atoms with E-state index in [-0.39, 0.29) is 31.6 Å². The van der Waals surface area contributed by atoms with Crippen LogP contribution in [0.2, 0.25) is 0 Å². The van der Waals surface area contributed by atoms with Gasteiger partial charge in [0.25, 0.3) is 0 Å². The number of rotatable bonds is 35. The van der Waals surface area contributed by atoms with Gasteiger partial charge in [0.05, 0.1) is 36.4 Å². The second-order valence-corrected chi connectivity index (χ2v) is 25.0. The fourth-order valence-corrected chi connectivity index (χ4v) is 11.0. The Bertz CT molecular complexity index is 2810. The largest absolute Gasteiger partial charge is 0.480 e. The summed E-state index contributed by atoms with van der Waals surface area (Å²) in [5.74, 6) is -6.99. The summed E-state index contributed by atoms with van der Waals surface area (Å²) in [6.07, 6.45) is 3.41. The summed E-state index contributed by atoms with van der Waals surface area (Å²) in [5, 5.41) is 36.3. The van der Waals surface area contributed by atoms with Gasteiger partial charge in [-0.3, -0.25) is 52.9 Å². The van der Waals surface area contributed by atoms with Crippen LogP contribution < -0.4 is 53.2 Å². The zero-order valence-electron chi connectivity index (χ0n) is 51.3. The zero-order chi connectivity index (χ0) is 64.5. The van der Waals surface area contributed by atoms with E-state index in [4.69, 9.17) is 4.74 Å². The molecule has 0 radical (unpaired) electrons. The lowest BCUT2D eigenvalue weighted by atomic mass is 10.1. The number of benzene rings is 1. The summed E-state index contributed by atoms with van der Waals surface area (Å²) in [6, 6.07) is -1.75. The Kier molecular flexibility index (Phi) is 29.2. The van der Waals surface area contributed by atoms with Crippen LogP contribution in [0.4, 0.5) is 10.5 Å². The van der Waals surface area contributed by atoms with E-state index in [0.717, 1.165) is 13.0 Å². The number of nitrogens with zero attached hydrogens (tertiary/aromatic N) is 5. The monoisotopic (exact) mass is 1260 g/mol. The van der Waals surface area contributed by atoms with E-state index in [2.05, 4.69) is 63.1 Å². The number of carbonyl (C=O) groups excluding carboxylic acids is 11. The molecule has 0 saturated carbocycles. The van der Waals surface area contributed by atoms with E-state index < -0.39 is 139 Å². The molecule has 0 bridgehead atoms. The Morgan fingerprint density at radius 2 is 1.31 bits per heavy atom. The number of aromatic nitrogens is 1. The van der Waals surface area contributed by atoms with Crippen molar-refractivity contribution >= 4 is 115 Å². The number of alkyl carbamates (subject to hydrolysis) is 1. The quantitative estimate of drug-likeness (QED) is 0.0397. The second-order valence-electron chi connectivity index (χ2n) is 22.9. The molecule has 1 aromatic carbocycles. The summed E-state index contributed by atoms with van der Waals surface area (Å²) in [4.78, 5) is 169. The van der Waals surface area contributed by atoms with Crippen LogP contribution in [0.3, 0.4) is 0 Å². The Labute approximate surface area is 514 Å². The lowest BCUT2D eigenvalue weighted by Gasteiger charge is -2.24. The minimum absolute atomic E-state index is 0.143. The van der Waals surface area contributed by atoms with Crippen molar-refractivity contribution in [2.75, 3.05) is 85.1 Å². The number of amides is 11. The topological polar surface area (TPSA) is 390 Å². The zero-order valence-corrected chi connectivity index (χ0v) is 52.9. The number of likely N-dealkylation sites (tertiary alicyclic amines) is 1. The van der Waals surface area contributed by atoms with E-state index >= 15 is 0 Å². The van der Waals surface area contributed by atoms with Crippen LogP contribution in [0.15, 0.2) is 23.2 Å². The van der Waals surface area contributed by atoms with Gasteiger partial charge in [-0.1, -0.05) is 0 Å².